The Kier molecular flexibility index (Phi) is 3.25. The van der Waals surface area contributed by atoms with E-state index in [9.17, 15) is 4.79 Å². The van der Waals surface area contributed by atoms with Crippen LogP contribution in [0, 0.1) is 0 Å². The molecule has 0 aliphatic carbocycles. The summed E-state index contributed by atoms with van der Waals surface area (Å²) < 4.78 is 0. The van der Waals surface area contributed by atoms with Crippen molar-refractivity contribution >= 4 is 17.7 Å². The third-order valence-corrected chi connectivity index (χ3v) is 2.15. The maximum Gasteiger partial charge on any atom is 0.373 e. The van der Waals surface area contributed by atoms with Gasteiger partial charge in [-0.2, -0.15) is 0 Å². The van der Waals surface area contributed by atoms with Crippen molar-refractivity contribution in [1.82, 2.24) is 9.97 Å². The van der Waals surface area contributed by atoms with Crippen LogP contribution in [0.2, 0.25) is 0 Å². The number of carboxylic acid groups (broad SMARTS) is 1. The molecule has 0 fully saturated rings. The first-order chi connectivity index (χ1) is 6.17. The fraction of sp³-hybridized carbons (Fsp3) is 0.375. The van der Waals surface area contributed by atoms with E-state index in [4.69, 9.17) is 5.11 Å². The predicted molar refractivity (Wildman–Crippen MR) is 50.2 cm³/mol. The maximum absolute atomic E-state index is 10.6. The van der Waals surface area contributed by atoms with E-state index >= 15 is 0 Å². The summed E-state index contributed by atoms with van der Waals surface area (Å²) in [6.45, 7) is 1.93. The number of nitrogens with zero attached hydrogens (tertiary/aromatic N) is 2. The van der Waals surface area contributed by atoms with Crippen LogP contribution in [0.15, 0.2) is 11.1 Å². The summed E-state index contributed by atoms with van der Waals surface area (Å²) in [5.41, 5.74) is 0.761. The zero-order chi connectivity index (χ0) is 9.84. The minimum atomic E-state index is -1.08. The molecule has 0 radical (unpaired) electrons. The molecule has 13 heavy (non-hydrogen) atoms. The molecule has 5 heteroatoms. The quantitative estimate of drug-likeness (QED) is 0.588. The van der Waals surface area contributed by atoms with Crippen LogP contribution in [0.5, 0.6) is 0 Å². The van der Waals surface area contributed by atoms with Crippen molar-refractivity contribution < 1.29 is 9.90 Å². The Bertz CT molecular complexity index is 306. The van der Waals surface area contributed by atoms with Gasteiger partial charge in [-0.25, -0.2) is 14.8 Å². The van der Waals surface area contributed by atoms with Crippen molar-refractivity contribution in [3.63, 3.8) is 0 Å². The van der Waals surface area contributed by atoms with Crippen molar-refractivity contribution in [3.05, 3.63) is 17.6 Å². The Hall–Kier alpha value is -1.10. The maximum atomic E-state index is 10.6. The molecule has 0 bridgehead atoms. The Labute approximate surface area is 80.4 Å². The normalized spacial score (nSPS) is 10.0. The fourth-order valence-electron chi connectivity index (χ4n) is 0.854. The highest BCUT2D eigenvalue weighted by Crippen LogP contribution is 2.13. The standard InChI is InChI=1S/C8H10N2O2S/c1-3-5-4-6(13-2)10-7(9-5)8(11)12/h4H,3H2,1-2H3,(H,11,12). The zero-order valence-electron chi connectivity index (χ0n) is 7.44. The lowest BCUT2D eigenvalue weighted by Gasteiger charge is -2.01. The van der Waals surface area contributed by atoms with Gasteiger partial charge in [-0.3, -0.25) is 0 Å². The van der Waals surface area contributed by atoms with Crippen molar-refractivity contribution in [2.24, 2.45) is 0 Å². The number of thioether (sulfide) groups is 1. The minimum absolute atomic E-state index is 0.122. The van der Waals surface area contributed by atoms with Gasteiger partial charge in [0, 0.05) is 5.69 Å². The first-order valence-electron chi connectivity index (χ1n) is 3.82. The van der Waals surface area contributed by atoms with Crippen molar-refractivity contribution in [1.29, 1.82) is 0 Å². The van der Waals surface area contributed by atoms with Crippen LogP contribution in [0.25, 0.3) is 0 Å². The van der Waals surface area contributed by atoms with Gasteiger partial charge in [0.05, 0.1) is 0 Å². The summed E-state index contributed by atoms with van der Waals surface area (Å²) in [4.78, 5) is 18.3. The Balaban J connectivity index is 3.14. The molecule has 0 aliphatic heterocycles. The molecule has 1 aromatic heterocycles. The van der Waals surface area contributed by atoms with Crippen LogP contribution in [0.4, 0.5) is 0 Å². The number of aromatic nitrogens is 2. The summed E-state index contributed by atoms with van der Waals surface area (Å²) in [5, 5.41) is 9.39. The lowest BCUT2D eigenvalue weighted by Crippen LogP contribution is -2.06. The van der Waals surface area contributed by atoms with Gasteiger partial charge in [-0.1, -0.05) is 6.92 Å². The number of hydrogen-bond donors (Lipinski definition) is 1. The molecule has 1 N–H and O–H groups in total. The highest BCUT2D eigenvalue weighted by atomic mass is 32.2. The second-order valence-electron chi connectivity index (χ2n) is 2.38. The van der Waals surface area contributed by atoms with Gasteiger partial charge in [0.25, 0.3) is 0 Å². The summed E-state index contributed by atoms with van der Waals surface area (Å²) >= 11 is 1.42. The monoisotopic (exact) mass is 198 g/mol. The van der Waals surface area contributed by atoms with Gasteiger partial charge in [-0.05, 0) is 18.7 Å². The van der Waals surface area contributed by atoms with Crippen LogP contribution in [0.1, 0.15) is 23.2 Å². The summed E-state index contributed by atoms with van der Waals surface area (Å²) in [5.74, 6) is -1.20. The molecule has 0 atom stereocenters. The third-order valence-electron chi connectivity index (χ3n) is 1.52. The molecular weight excluding hydrogens is 188 g/mol. The summed E-state index contributed by atoms with van der Waals surface area (Å²) in [7, 11) is 0. The van der Waals surface area contributed by atoms with Crippen molar-refractivity contribution in [2.45, 2.75) is 18.4 Å². The van der Waals surface area contributed by atoms with Crippen LogP contribution >= 0.6 is 11.8 Å². The number of carboxylic acids is 1. The van der Waals surface area contributed by atoms with E-state index in [1.807, 2.05) is 13.2 Å². The molecule has 0 saturated carbocycles. The average molecular weight is 198 g/mol. The van der Waals surface area contributed by atoms with E-state index in [0.717, 1.165) is 12.1 Å². The molecule has 1 rings (SSSR count). The Morgan fingerprint density at radius 3 is 2.77 bits per heavy atom. The highest BCUT2D eigenvalue weighted by molar-refractivity contribution is 7.98. The number of rotatable bonds is 3. The highest BCUT2D eigenvalue weighted by Gasteiger charge is 2.09. The number of hydrogen-bond acceptors (Lipinski definition) is 4. The van der Waals surface area contributed by atoms with Crippen LogP contribution < -0.4 is 0 Å². The number of carbonyl (C=O) groups is 1. The molecule has 1 heterocycles. The minimum Gasteiger partial charge on any atom is -0.475 e. The van der Waals surface area contributed by atoms with Crippen molar-refractivity contribution in [2.75, 3.05) is 6.26 Å². The molecule has 0 unspecified atom stereocenters. The molecule has 4 nitrogen and oxygen atoms in total. The van der Waals surface area contributed by atoms with Crippen molar-refractivity contribution in [3.8, 4) is 0 Å². The van der Waals surface area contributed by atoms with E-state index in [0.29, 0.717) is 5.03 Å². The second kappa shape index (κ2) is 4.23. The lowest BCUT2D eigenvalue weighted by atomic mass is 10.3. The van der Waals surface area contributed by atoms with Crippen LogP contribution in [0.3, 0.4) is 0 Å². The zero-order valence-corrected chi connectivity index (χ0v) is 8.26. The third kappa shape index (κ3) is 2.42. The van der Waals surface area contributed by atoms with E-state index in [2.05, 4.69) is 9.97 Å². The van der Waals surface area contributed by atoms with E-state index < -0.39 is 5.97 Å². The Morgan fingerprint density at radius 2 is 2.31 bits per heavy atom. The fourth-order valence-corrected chi connectivity index (χ4v) is 1.29. The molecular formula is C8H10N2O2S. The average Bonchev–Trinajstić information content (AvgIpc) is 2.16. The molecule has 0 aromatic carbocycles. The van der Waals surface area contributed by atoms with Gasteiger partial charge >= 0.3 is 5.97 Å². The van der Waals surface area contributed by atoms with E-state index in [1.54, 1.807) is 6.07 Å². The lowest BCUT2D eigenvalue weighted by molar-refractivity contribution is 0.0682. The van der Waals surface area contributed by atoms with Crippen LogP contribution in [-0.2, 0) is 6.42 Å². The number of aryl methyl sites for hydroxylation is 1. The number of aromatic carboxylic acids is 1. The van der Waals surface area contributed by atoms with Gasteiger partial charge in [0.1, 0.15) is 5.03 Å². The topological polar surface area (TPSA) is 63.1 Å². The molecule has 0 saturated heterocycles. The smallest absolute Gasteiger partial charge is 0.373 e. The first kappa shape index (κ1) is 9.98. The van der Waals surface area contributed by atoms with Crippen LogP contribution in [-0.4, -0.2) is 27.3 Å². The van der Waals surface area contributed by atoms with E-state index in [1.165, 1.54) is 11.8 Å². The van der Waals surface area contributed by atoms with Gasteiger partial charge < -0.3 is 5.11 Å². The predicted octanol–water partition coefficient (Wildman–Crippen LogP) is 1.46. The van der Waals surface area contributed by atoms with Gasteiger partial charge in [0.2, 0.25) is 5.82 Å². The van der Waals surface area contributed by atoms with Gasteiger partial charge in [0.15, 0.2) is 0 Å². The summed E-state index contributed by atoms with van der Waals surface area (Å²) in [6.07, 6.45) is 2.57. The molecule has 0 aliphatic rings. The molecule has 0 spiro atoms. The van der Waals surface area contributed by atoms with Gasteiger partial charge in [-0.15, -0.1) is 11.8 Å². The summed E-state index contributed by atoms with van der Waals surface area (Å²) in [6, 6.07) is 1.80. The largest absolute Gasteiger partial charge is 0.475 e. The Morgan fingerprint density at radius 1 is 1.62 bits per heavy atom. The SMILES string of the molecule is CCc1cc(SC)nc(C(=O)O)n1. The van der Waals surface area contributed by atoms with E-state index in [-0.39, 0.29) is 5.82 Å². The molecule has 0 amide bonds. The second-order valence-corrected chi connectivity index (χ2v) is 3.21. The molecule has 70 valence electrons. The molecule has 1 aromatic rings. The first-order valence-corrected chi connectivity index (χ1v) is 5.05.